The lowest BCUT2D eigenvalue weighted by molar-refractivity contribution is 0.613. The zero-order valence-corrected chi connectivity index (χ0v) is 16.8. The first-order valence-electron chi connectivity index (χ1n) is 10.6. The third kappa shape index (κ3) is 3.37. The first-order valence-corrected chi connectivity index (χ1v) is 10.6. The largest absolute Gasteiger partial charge is 0.399 e. The molecule has 1 saturated carbocycles. The zero-order valence-electron chi connectivity index (χ0n) is 16.8. The second-order valence-corrected chi connectivity index (χ2v) is 8.46. The summed E-state index contributed by atoms with van der Waals surface area (Å²) in [5.74, 6) is 0.626. The summed E-state index contributed by atoms with van der Waals surface area (Å²) < 4.78 is 15.2. The van der Waals surface area contributed by atoms with Gasteiger partial charge in [0.15, 0.2) is 0 Å². The number of hydrogen-bond acceptors (Lipinski definition) is 1. The number of rotatable bonds is 3. The van der Waals surface area contributed by atoms with Crippen molar-refractivity contribution in [2.45, 2.75) is 44.9 Å². The monoisotopic (exact) mass is 383 g/mol. The summed E-state index contributed by atoms with van der Waals surface area (Å²) in [6, 6.07) is 20.9. The van der Waals surface area contributed by atoms with Gasteiger partial charge in [0.1, 0.15) is 5.82 Å². The van der Waals surface area contributed by atoms with Crippen LogP contribution in [0.25, 0.3) is 11.1 Å². The second kappa shape index (κ2) is 7.18. The van der Waals surface area contributed by atoms with Crippen molar-refractivity contribution in [2.75, 3.05) is 5.73 Å². The highest BCUT2D eigenvalue weighted by molar-refractivity contribution is 6.00. The molecule has 2 heteroatoms. The number of nitrogen functional groups attached to an aromatic ring is 1. The molecule has 0 spiro atoms. The van der Waals surface area contributed by atoms with Gasteiger partial charge in [0.2, 0.25) is 0 Å². The second-order valence-electron chi connectivity index (χ2n) is 8.46. The molecule has 146 valence electrons. The molecule has 2 aliphatic rings. The van der Waals surface area contributed by atoms with Gasteiger partial charge in [-0.05, 0) is 96.0 Å². The summed E-state index contributed by atoms with van der Waals surface area (Å²) in [7, 11) is 0. The Kier molecular flexibility index (Phi) is 4.50. The Morgan fingerprint density at radius 3 is 2.45 bits per heavy atom. The number of anilines is 1. The van der Waals surface area contributed by atoms with Crippen molar-refractivity contribution in [2.24, 2.45) is 0 Å². The molecule has 0 saturated heterocycles. The summed E-state index contributed by atoms with van der Waals surface area (Å²) in [6.45, 7) is 1.84. The normalized spacial score (nSPS) is 16.5. The van der Waals surface area contributed by atoms with E-state index in [1.54, 1.807) is 0 Å². The predicted molar refractivity (Wildman–Crippen MR) is 119 cm³/mol. The van der Waals surface area contributed by atoms with Gasteiger partial charge in [-0.1, -0.05) is 48.5 Å². The fourth-order valence-electron chi connectivity index (χ4n) is 4.63. The molecule has 29 heavy (non-hydrogen) atoms. The highest BCUT2D eigenvalue weighted by Gasteiger charge is 2.25. The molecule has 2 N–H and O–H groups in total. The van der Waals surface area contributed by atoms with Crippen molar-refractivity contribution in [1.29, 1.82) is 0 Å². The molecule has 0 aromatic heterocycles. The number of benzene rings is 3. The third-order valence-electron chi connectivity index (χ3n) is 6.34. The highest BCUT2D eigenvalue weighted by atomic mass is 19.1. The molecule has 1 nitrogen and oxygen atoms in total. The molecule has 5 rings (SSSR count). The fourth-order valence-corrected chi connectivity index (χ4v) is 4.63. The molecular formula is C27H26FN. The van der Waals surface area contributed by atoms with E-state index in [1.165, 1.54) is 35.1 Å². The molecule has 3 aromatic carbocycles. The topological polar surface area (TPSA) is 26.0 Å². The average molecular weight is 384 g/mol. The molecule has 1 fully saturated rings. The maximum atomic E-state index is 15.2. The minimum absolute atomic E-state index is 0.103. The van der Waals surface area contributed by atoms with Crippen molar-refractivity contribution in [3.05, 3.63) is 99.9 Å². The summed E-state index contributed by atoms with van der Waals surface area (Å²) in [4.78, 5) is 0. The van der Waals surface area contributed by atoms with Gasteiger partial charge in [-0.25, -0.2) is 4.39 Å². The van der Waals surface area contributed by atoms with E-state index < -0.39 is 0 Å². The summed E-state index contributed by atoms with van der Waals surface area (Å²) in [6.07, 6.45) is 5.40. The molecule has 0 radical (unpaired) electrons. The van der Waals surface area contributed by atoms with E-state index in [4.69, 9.17) is 5.73 Å². The maximum absolute atomic E-state index is 15.2. The van der Waals surface area contributed by atoms with Crippen LogP contribution >= 0.6 is 0 Å². The zero-order chi connectivity index (χ0) is 20.0. The lowest BCUT2D eigenvalue weighted by Gasteiger charge is -2.18. The van der Waals surface area contributed by atoms with E-state index in [-0.39, 0.29) is 5.82 Å². The molecular weight excluding hydrogens is 357 g/mol. The van der Waals surface area contributed by atoms with E-state index in [0.29, 0.717) is 5.56 Å². The number of aryl methyl sites for hydroxylation is 2. The van der Waals surface area contributed by atoms with Crippen LogP contribution in [0.15, 0.2) is 60.7 Å². The van der Waals surface area contributed by atoms with E-state index >= 15 is 4.39 Å². The smallest absolute Gasteiger partial charge is 0.133 e. The Hall–Kier alpha value is -2.87. The Bertz CT molecular complexity index is 1100. The fraction of sp³-hybridized carbons (Fsp3) is 0.259. The quantitative estimate of drug-likeness (QED) is 0.490. The van der Waals surface area contributed by atoms with Gasteiger partial charge in [0, 0.05) is 11.3 Å². The maximum Gasteiger partial charge on any atom is 0.133 e. The van der Waals surface area contributed by atoms with Crippen LogP contribution in [0.4, 0.5) is 10.1 Å². The summed E-state index contributed by atoms with van der Waals surface area (Å²) in [5, 5.41) is 0. The van der Waals surface area contributed by atoms with Crippen molar-refractivity contribution in [1.82, 2.24) is 0 Å². The third-order valence-corrected chi connectivity index (χ3v) is 6.34. The SMILES string of the molecule is Cc1cccc(C2=C(c3ccc(C4CC4)cc3)c3ccc(N)cc3CCC2)c1F. The van der Waals surface area contributed by atoms with Crippen LogP contribution in [-0.2, 0) is 6.42 Å². The molecule has 3 aromatic rings. The number of nitrogens with two attached hydrogens (primary N) is 1. The molecule has 0 unspecified atom stereocenters. The van der Waals surface area contributed by atoms with Gasteiger partial charge >= 0.3 is 0 Å². The van der Waals surface area contributed by atoms with E-state index in [0.717, 1.165) is 47.6 Å². The van der Waals surface area contributed by atoms with Crippen LogP contribution in [0, 0.1) is 12.7 Å². The van der Waals surface area contributed by atoms with Crippen molar-refractivity contribution < 1.29 is 4.39 Å². The van der Waals surface area contributed by atoms with Gasteiger partial charge < -0.3 is 5.73 Å². The first-order chi connectivity index (χ1) is 14.1. The average Bonchev–Trinajstić information content (AvgIpc) is 3.57. The lowest BCUT2D eigenvalue weighted by atomic mass is 9.86. The van der Waals surface area contributed by atoms with Crippen LogP contribution in [0.3, 0.4) is 0 Å². The molecule has 0 heterocycles. The van der Waals surface area contributed by atoms with Crippen LogP contribution in [0.1, 0.15) is 65.0 Å². The minimum atomic E-state index is -0.103. The Morgan fingerprint density at radius 2 is 1.69 bits per heavy atom. The number of fused-ring (bicyclic) bond motifs is 1. The molecule has 2 aliphatic carbocycles. The van der Waals surface area contributed by atoms with Crippen LogP contribution < -0.4 is 5.73 Å². The van der Waals surface area contributed by atoms with Crippen LogP contribution in [0.2, 0.25) is 0 Å². The van der Waals surface area contributed by atoms with Gasteiger partial charge in [-0.2, -0.15) is 0 Å². The Balaban J connectivity index is 1.76. The van der Waals surface area contributed by atoms with E-state index in [9.17, 15) is 0 Å². The van der Waals surface area contributed by atoms with Crippen molar-refractivity contribution in [3.63, 3.8) is 0 Å². The number of halogens is 1. The predicted octanol–water partition coefficient (Wildman–Crippen LogP) is 6.89. The van der Waals surface area contributed by atoms with Gasteiger partial charge in [-0.15, -0.1) is 0 Å². The van der Waals surface area contributed by atoms with E-state index in [2.05, 4.69) is 36.4 Å². The summed E-state index contributed by atoms with van der Waals surface area (Å²) in [5.41, 5.74) is 15.6. The van der Waals surface area contributed by atoms with Crippen LogP contribution in [0.5, 0.6) is 0 Å². The Morgan fingerprint density at radius 1 is 0.897 bits per heavy atom. The lowest BCUT2D eigenvalue weighted by Crippen LogP contribution is -1.99. The van der Waals surface area contributed by atoms with Gasteiger partial charge in [0.05, 0.1) is 0 Å². The Labute approximate surface area is 172 Å². The molecule has 0 amide bonds. The number of allylic oxidation sites excluding steroid dienone is 1. The van der Waals surface area contributed by atoms with Crippen molar-refractivity contribution in [3.8, 4) is 0 Å². The van der Waals surface area contributed by atoms with Gasteiger partial charge in [-0.3, -0.25) is 0 Å². The van der Waals surface area contributed by atoms with Gasteiger partial charge in [0.25, 0.3) is 0 Å². The number of hydrogen-bond donors (Lipinski definition) is 1. The highest BCUT2D eigenvalue weighted by Crippen LogP contribution is 2.43. The summed E-state index contributed by atoms with van der Waals surface area (Å²) >= 11 is 0. The molecule has 0 atom stereocenters. The molecule has 0 bridgehead atoms. The van der Waals surface area contributed by atoms with Crippen LogP contribution in [-0.4, -0.2) is 0 Å². The van der Waals surface area contributed by atoms with Crippen molar-refractivity contribution >= 4 is 16.8 Å². The molecule has 0 aliphatic heterocycles. The van der Waals surface area contributed by atoms with E-state index in [1.807, 2.05) is 31.2 Å². The minimum Gasteiger partial charge on any atom is -0.399 e. The standard InChI is InChI=1S/C27H26FN/c1-17-4-2-7-25(27(17)28)24-6-3-5-21-16-22(29)14-15-23(21)26(24)20-12-10-19(11-13-20)18-8-9-18/h2,4,7,10-16,18H,3,5-6,8-9,29H2,1H3. The first kappa shape index (κ1) is 18.2.